The lowest BCUT2D eigenvalue weighted by Crippen LogP contribution is -2.49. The van der Waals surface area contributed by atoms with Crippen LogP contribution in [0, 0.1) is 0 Å². The predicted octanol–water partition coefficient (Wildman–Crippen LogP) is 2.73. The van der Waals surface area contributed by atoms with Gasteiger partial charge in [-0.2, -0.15) is 11.8 Å². The zero-order valence-corrected chi connectivity index (χ0v) is 12.4. The van der Waals surface area contributed by atoms with E-state index >= 15 is 0 Å². The van der Waals surface area contributed by atoms with Crippen LogP contribution in [-0.2, 0) is 0 Å². The van der Waals surface area contributed by atoms with Gasteiger partial charge in [-0.25, -0.2) is 0 Å². The summed E-state index contributed by atoms with van der Waals surface area (Å²) in [5.74, 6) is 0. The van der Waals surface area contributed by atoms with E-state index < -0.39 is 0 Å². The Bertz CT molecular complexity index is 230. The van der Waals surface area contributed by atoms with Crippen molar-refractivity contribution >= 4 is 11.8 Å². The van der Waals surface area contributed by atoms with Gasteiger partial charge in [0.25, 0.3) is 0 Å². The van der Waals surface area contributed by atoms with E-state index in [2.05, 4.69) is 42.2 Å². The van der Waals surface area contributed by atoms with Crippen molar-refractivity contribution in [2.75, 3.05) is 19.8 Å². The minimum atomic E-state index is 0.751. The molecule has 0 aromatic heterocycles. The second kappa shape index (κ2) is 6.44. The van der Waals surface area contributed by atoms with Crippen molar-refractivity contribution in [3.05, 3.63) is 0 Å². The van der Waals surface area contributed by atoms with Gasteiger partial charge in [0.15, 0.2) is 0 Å². The van der Waals surface area contributed by atoms with Crippen LogP contribution in [0.15, 0.2) is 0 Å². The molecule has 2 fully saturated rings. The van der Waals surface area contributed by atoms with Gasteiger partial charge in [-0.15, -0.1) is 0 Å². The molecule has 0 aromatic carbocycles. The number of nitrogens with one attached hydrogen (secondary N) is 1. The topological polar surface area (TPSA) is 15.3 Å². The highest BCUT2D eigenvalue weighted by atomic mass is 32.2. The number of likely N-dealkylation sites (tertiary alicyclic amines) is 1. The summed E-state index contributed by atoms with van der Waals surface area (Å²) in [4.78, 5) is 2.49. The molecular weight excluding hydrogens is 228 g/mol. The molecule has 1 heterocycles. The summed E-state index contributed by atoms with van der Waals surface area (Å²) in [5, 5.41) is 4.84. The molecular formula is C14H28N2S. The van der Waals surface area contributed by atoms with Crippen LogP contribution in [0.4, 0.5) is 0 Å². The Kier molecular flexibility index (Phi) is 5.19. The zero-order chi connectivity index (χ0) is 12.3. The van der Waals surface area contributed by atoms with Crippen LogP contribution < -0.4 is 5.32 Å². The first kappa shape index (κ1) is 13.7. The second-order valence-electron chi connectivity index (χ2n) is 5.94. The number of thioether (sulfide) groups is 1. The van der Waals surface area contributed by atoms with E-state index in [0.717, 1.165) is 23.4 Å². The summed E-state index contributed by atoms with van der Waals surface area (Å²) in [7, 11) is 2.26. The standard InChI is InChI=1S/C14H28N2S/c1-11-9-13(7-8-16(11)2)15-12-5-4-6-14(10-12)17-3/h11-15H,4-10H2,1-3H3. The van der Waals surface area contributed by atoms with Gasteiger partial charge in [-0.05, 0) is 58.9 Å². The maximum Gasteiger partial charge on any atom is 0.00966 e. The minimum Gasteiger partial charge on any atom is -0.311 e. The van der Waals surface area contributed by atoms with Crippen LogP contribution in [0.2, 0.25) is 0 Å². The number of hydrogen-bond donors (Lipinski definition) is 1. The molecule has 100 valence electrons. The molecule has 1 saturated carbocycles. The molecule has 4 unspecified atom stereocenters. The SMILES string of the molecule is CSC1CCCC(NC2CCN(C)C(C)C2)C1. The summed E-state index contributed by atoms with van der Waals surface area (Å²) in [5.41, 5.74) is 0. The lowest BCUT2D eigenvalue weighted by Gasteiger charge is -2.39. The van der Waals surface area contributed by atoms with E-state index in [1.54, 1.807) is 0 Å². The number of nitrogens with zero attached hydrogens (tertiary/aromatic N) is 1. The highest BCUT2D eigenvalue weighted by Crippen LogP contribution is 2.28. The summed E-state index contributed by atoms with van der Waals surface area (Å²) >= 11 is 2.06. The largest absolute Gasteiger partial charge is 0.311 e. The fourth-order valence-electron chi connectivity index (χ4n) is 3.28. The zero-order valence-electron chi connectivity index (χ0n) is 11.6. The molecule has 0 aromatic rings. The van der Waals surface area contributed by atoms with Gasteiger partial charge in [0, 0.05) is 23.4 Å². The first-order valence-electron chi connectivity index (χ1n) is 7.18. The van der Waals surface area contributed by atoms with E-state index in [1.165, 1.54) is 45.1 Å². The third-order valence-corrected chi connectivity index (χ3v) is 5.73. The lowest BCUT2D eigenvalue weighted by molar-refractivity contribution is 0.157. The normalized spacial score (nSPS) is 40.4. The van der Waals surface area contributed by atoms with E-state index in [9.17, 15) is 0 Å². The lowest BCUT2D eigenvalue weighted by atomic mass is 9.92. The molecule has 0 radical (unpaired) electrons. The monoisotopic (exact) mass is 256 g/mol. The van der Waals surface area contributed by atoms with E-state index in [0.29, 0.717) is 0 Å². The third kappa shape index (κ3) is 3.87. The molecule has 0 bridgehead atoms. The average Bonchev–Trinajstić information content (AvgIpc) is 2.34. The van der Waals surface area contributed by atoms with Crippen molar-refractivity contribution in [1.82, 2.24) is 10.2 Å². The first-order chi connectivity index (χ1) is 8.19. The molecule has 2 nitrogen and oxygen atoms in total. The van der Waals surface area contributed by atoms with Gasteiger partial charge in [0.05, 0.1) is 0 Å². The van der Waals surface area contributed by atoms with Crippen LogP contribution in [0.3, 0.4) is 0 Å². The summed E-state index contributed by atoms with van der Waals surface area (Å²) in [6, 6.07) is 2.31. The van der Waals surface area contributed by atoms with Gasteiger partial charge >= 0.3 is 0 Å². The molecule has 0 spiro atoms. The van der Waals surface area contributed by atoms with E-state index in [-0.39, 0.29) is 0 Å². The molecule has 17 heavy (non-hydrogen) atoms. The highest BCUT2D eigenvalue weighted by molar-refractivity contribution is 7.99. The maximum atomic E-state index is 3.93. The molecule has 0 amide bonds. The Morgan fingerprint density at radius 3 is 2.59 bits per heavy atom. The van der Waals surface area contributed by atoms with Gasteiger partial charge in [-0.1, -0.05) is 6.42 Å². The fraction of sp³-hybridized carbons (Fsp3) is 1.00. The summed E-state index contributed by atoms with van der Waals surface area (Å²) < 4.78 is 0. The molecule has 2 rings (SSSR count). The van der Waals surface area contributed by atoms with Crippen molar-refractivity contribution in [1.29, 1.82) is 0 Å². The van der Waals surface area contributed by atoms with Gasteiger partial charge in [0.2, 0.25) is 0 Å². The smallest absolute Gasteiger partial charge is 0.00966 e. The van der Waals surface area contributed by atoms with Gasteiger partial charge in [0.1, 0.15) is 0 Å². The second-order valence-corrected chi connectivity index (χ2v) is 7.08. The third-order valence-electron chi connectivity index (χ3n) is 4.64. The molecule has 1 N–H and O–H groups in total. The van der Waals surface area contributed by atoms with Crippen LogP contribution in [0.1, 0.15) is 45.4 Å². The Labute approximate surface area is 111 Å². The van der Waals surface area contributed by atoms with E-state index in [1.807, 2.05) is 0 Å². The van der Waals surface area contributed by atoms with Crippen molar-refractivity contribution < 1.29 is 0 Å². The predicted molar refractivity (Wildman–Crippen MR) is 77.8 cm³/mol. The summed E-state index contributed by atoms with van der Waals surface area (Å²) in [6.45, 7) is 3.62. The number of piperidine rings is 1. The minimum absolute atomic E-state index is 0.751. The van der Waals surface area contributed by atoms with Crippen molar-refractivity contribution in [2.24, 2.45) is 0 Å². The number of rotatable bonds is 3. The molecule has 3 heteroatoms. The van der Waals surface area contributed by atoms with Crippen molar-refractivity contribution in [3.63, 3.8) is 0 Å². The Hall–Kier alpha value is 0.270. The summed E-state index contributed by atoms with van der Waals surface area (Å²) in [6.07, 6.45) is 10.6. The van der Waals surface area contributed by atoms with Crippen molar-refractivity contribution in [2.45, 2.75) is 68.8 Å². The molecule has 2 aliphatic rings. The van der Waals surface area contributed by atoms with Crippen molar-refractivity contribution in [3.8, 4) is 0 Å². The van der Waals surface area contributed by atoms with Gasteiger partial charge in [-0.3, -0.25) is 0 Å². The fourth-order valence-corrected chi connectivity index (χ4v) is 4.11. The van der Waals surface area contributed by atoms with Crippen LogP contribution in [-0.4, -0.2) is 48.1 Å². The van der Waals surface area contributed by atoms with Crippen LogP contribution >= 0.6 is 11.8 Å². The Morgan fingerprint density at radius 2 is 1.88 bits per heavy atom. The van der Waals surface area contributed by atoms with Crippen LogP contribution in [0.5, 0.6) is 0 Å². The maximum absolute atomic E-state index is 3.93. The first-order valence-corrected chi connectivity index (χ1v) is 8.47. The molecule has 4 atom stereocenters. The van der Waals surface area contributed by atoms with Gasteiger partial charge < -0.3 is 10.2 Å². The highest BCUT2D eigenvalue weighted by Gasteiger charge is 2.27. The molecule has 1 aliphatic heterocycles. The Balaban J connectivity index is 1.76. The molecule has 1 aliphatic carbocycles. The number of hydrogen-bond acceptors (Lipinski definition) is 3. The quantitative estimate of drug-likeness (QED) is 0.836. The van der Waals surface area contributed by atoms with E-state index in [4.69, 9.17) is 0 Å². The average molecular weight is 256 g/mol. The Morgan fingerprint density at radius 1 is 1.12 bits per heavy atom. The van der Waals surface area contributed by atoms with Crippen LogP contribution in [0.25, 0.3) is 0 Å². The molecule has 1 saturated heterocycles.